The van der Waals surface area contributed by atoms with E-state index in [0.29, 0.717) is 29.6 Å². The highest BCUT2D eigenvalue weighted by atomic mass is 35.5. The second-order valence-electron chi connectivity index (χ2n) is 7.11. The van der Waals surface area contributed by atoms with Crippen molar-refractivity contribution in [2.45, 2.75) is 32.9 Å². The average molecular weight is 374 g/mol. The van der Waals surface area contributed by atoms with Crippen LogP contribution >= 0.6 is 11.6 Å². The van der Waals surface area contributed by atoms with Gasteiger partial charge in [-0.2, -0.15) is 0 Å². The van der Waals surface area contributed by atoms with Crippen LogP contribution in [0.3, 0.4) is 0 Å². The third-order valence-corrected chi connectivity index (χ3v) is 5.43. The molecule has 0 radical (unpaired) electrons. The topological polar surface area (TPSA) is 52.7 Å². The fourth-order valence-electron chi connectivity index (χ4n) is 3.46. The maximum atomic E-state index is 13.2. The summed E-state index contributed by atoms with van der Waals surface area (Å²) in [6.45, 7) is 10.8. The van der Waals surface area contributed by atoms with E-state index in [1.807, 2.05) is 24.0 Å². The summed E-state index contributed by atoms with van der Waals surface area (Å²) in [6.07, 6.45) is 1.67. The molecule has 2 atom stereocenters. The van der Waals surface area contributed by atoms with E-state index < -0.39 is 6.04 Å². The number of hydrogen-bond donors (Lipinski definition) is 1. The molecule has 0 fully saturated rings. The summed E-state index contributed by atoms with van der Waals surface area (Å²) >= 11 is 6.13. The van der Waals surface area contributed by atoms with Crippen LogP contribution in [0.25, 0.3) is 0 Å². The highest BCUT2D eigenvalue weighted by Gasteiger charge is 2.45. The van der Waals surface area contributed by atoms with Gasteiger partial charge in [0, 0.05) is 17.6 Å². The van der Waals surface area contributed by atoms with Gasteiger partial charge < -0.3 is 10.2 Å². The molecule has 0 saturated carbocycles. The molecule has 1 N–H and O–H groups in total. The van der Waals surface area contributed by atoms with E-state index in [-0.39, 0.29) is 18.0 Å². The van der Waals surface area contributed by atoms with Gasteiger partial charge in [0.05, 0.1) is 23.9 Å². The van der Waals surface area contributed by atoms with E-state index in [9.17, 15) is 9.59 Å². The largest absolute Gasteiger partial charge is 0.330 e. The highest BCUT2D eigenvalue weighted by Crippen LogP contribution is 2.38. The molecule has 2 aliphatic rings. The summed E-state index contributed by atoms with van der Waals surface area (Å²) in [7, 11) is 0. The Balaban J connectivity index is 2.07. The molecule has 3 amide bonds. The first-order valence-electron chi connectivity index (χ1n) is 8.83. The van der Waals surface area contributed by atoms with Crippen molar-refractivity contribution >= 4 is 23.5 Å². The predicted molar refractivity (Wildman–Crippen MR) is 103 cm³/mol. The van der Waals surface area contributed by atoms with Crippen LogP contribution in [0.15, 0.2) is 48.2 Å². The van der Waals surface area contributed by atoms with Crippen molar-refractivity contribution < 1.29 is 9.59 Å². The highest BCUT2D eigenvalue weighted by molar-refractivity contribution is 6.30. The van der Waals surface area contributed by atoms with Crippen LogP contribution in [0.4, 0.5) is 4.79 Å². The Kier molecular flexibility index (Phi) is 5.10. The van der Waals surface area contributed by atoms with Crippen LogP contribution < -0.4 is 5.32 Å². The molecule has 0 unspecified atom stereocenters. The molecule has 0 saturated heterocycles. The van der Waals surface area contributed by atoms with Gasteiger partial charge in [0.25, 0.3) is 5.91 Å². The van der Waals surface area contributed by atoms with Crippen LogP contribution in [-0.4, -0.2) is 40.9 Å². The molecular formula is C20H24ClN3O2. The molecule has 5 nitrogen and oxygen atoms in total. The molecule has 0 bridgehead atoms. The van der Waals surface area contributed by atoms with Crippen molar-refractivity contribution in [2.24, 2.45) is 5.92 Å². The van der Waals surface area contributed by atoms with Gasteiger partial charge in [0.1, 0.15) is 0 Å². The second kappa shape index (κ2) is 7.16. The monoisotopic (exact) mass is 373 g/mol. The Morgan fingerprint density at radius 3 is 2.69 bits per heavy atom. The third-order valence-electron chi connectivity index (χ3n) is 5.20. The lowest BCUT2D eigenvalue weighted by atomic mass is 9.95. The van der Waals surface area contributed by atoms with Crippen molar-refractivity contribution in [1.29, 1.82) is 0 Å². The van der Waals surface area contributed by atoms with Crippen LogP contribution in [0, 0.1) is 5.92 Å². The fraction of sp³-hybridized carbons (Fsp3) is 0.400. The minimum atomic E-state index is -0.492. The molecule has 0 aromatic heterocycles. The summed E-state index contributed by atoms with van der Waals surface area (Å²) in [4.78, 5) is 29.4. The zero-order chi connectivity index (χ0) is 19.0. The van der Waals surface area contributed by atoms with Crippen molar-refractivity contribution in [3.63, 3.8) is 0 Å². The van der Waals surface area contributed by atoms with Gasteiger partial charge >= 0.3 is 6.03 Å². The summed E-state index contributed by atoms with van der Waals surface area (Å²) in [6, 6.07) is 6.64. The Bertz CT molecular complexity index is 787. The summed E-state index contributed by atoms with van der Waals surface area (Å²) in [5.41, 5.74) is 2.20. The molecule has 0 aliphatic carbocycles. The molecule has 2 aliphatic heterocycles. The van der Waals surface area contributed by atoms with Gasteiger partial charge in [-0.25, -0.2) is 4.79 Å². The number of carbonyl (C=O) groups is 2. The molecule has 6 heteroatoms. The van der Waals surface area contributed by atoms with Crippen LogP contribution in [0.1, 0.15) is 32.4 Å². The Hall–Kier alpha value is -2.27. The van der Waals surface area contributed by atoms with Crippen molar-refractivity contribution in [3.05, 3.63) is 58.8 Å². The maximum absolute atomic E-state index is 13.2. The minimum absolute atomic E-state index is 0.0276. The molecular weight excluding hydrogens is 350 g/mol. The second-order valence-corrected chi connectivity index (χ2v) is 7.55. The normalized spacial score (nSPS) is 21.2. The van der Waals surface area contributed by atoms with Gasteiger partial charge in [0.2, 0.25) is 0 Å². The standard InChI is InChI=1S/C20H24ClN3O2/c1-5-9-23-16-11-24(13(4)12(2)3)19(25)17(16)18(22-20(23)26)14-7-6-8-15(21)10-14/h5-8,10,12-13,18H,1,9,11H2,2-4H3,(H,22,26)/t13-,18+/m0/s1. The summed E-state index contributed by atoms with van der Waals surface area (Å²) < 4.78 is 0. The summed E-state index contributed by atoms with van der Waals surface area (Å²) in [5, 5.41) is 3.53. The number of benzene rings is 1. The molecule has 26 heavy (non-hydrogen) atoms. The smallest absolute Gasteiger partial charge is 0.322 e. The number of carbonyl (C=O) groups excluding carboxylic acids is 2. The van der Waals surface area contributed by atoms with Gasteiger partial charge in [-0.15, -0.1) is 6.58 Å². The predicted octanol–water partition coefficient (Wildman–Crippen LogP) is 3.73. The molecule has 0 spiro atoms. The van der Waals surface area contributed by atoms with Crippen LogP contribution in [-0.2, 0) is 4.79 Å². The fourth-order valence-corrected chi connectivity index (χ4v) is 3.66. The molecule has 1 aromatic rings. The lowest BCUT2D eigenvalue weighted by Crippen LogP contribution is -2.47. The van der Waals surface area contributed by atoms with Gasteiger partial charge in [-0.05, 0) is 30.5 Å². The SMILES string of the molecule is C=CCN1C(=O)N[C@H](c2cccc(Cl)c2)C2=C1CN([C@@H](C)C(C)C)C2=O. The Morgan fingerprint density at radius 2 is 2.08 bits per heavy atom. The lowest BCUT2D eigenvalue weighted by molar-refractivity contribution is -0.128. The van der Waals surface area contributed by atoms with Crippen molar-refractivity contribution in [1.82, 2.24) is 15.1 Å². The van der Waals surface area contributed by atoms with Crippen molar-refractivity contribution in [3.8, 4) is 0 Å². The first-order chi connectivity index (χ1) is 12.3. The number of urea groups is 1. The molecule has 138 valence electrons. The molecule has 2 heterocycles. The van der Waals surface area contributed by atoms with E-state index in [1.54, 1.807) is 23.1 Å². The van der Waals surface area contributed by atoms with E-state index in [0.717, 1.165) is 11.3 Å². The lowest BCUT2D eigenvalue weighted by Gasteiger charge is -2.33. The average Bonchev–Trinajstić information content (AvgIpc) is 2.94. The first kappa shape index (κ1) is 18.5. The van der Waals surface area contributed by atoms with Gasteiger partial charge in [-0.3, -0.25) is 9.69 Å². The van der Waals surface area contributed by atoms with Gasteiger partial charge in [-0.1, -0.05) is 43.7 Å². The third kappa shape index (κ3) is 3.12. The van der Waals surface area contributed by atoms with E-state index >= 15 is 0 Å². The number of rotatable bonds is 5. The van der Waals surface area contributed by atoms with Crippen molar-refractivity contribution in [2.75, 3.05) is 13.1 Å². The Morgan fingerprint density at radius 1 is 1.35 bits per heavy atom. The minimum Gasteiger partial charge on any atom is -0.330 e. The first-order valence-corrected chi connectivity index (χ1v) is 9.21. The van der Waals surface area contributed by atoms with Crippen LogP contribution in [0.5, 0.6) is 0 Å². The van der Waals surface area contributed by atoms with E-state index in [2.05, 4.69) is 25.7 Å². The van der Waals surface area contributed by atoms with Gasteiger partial charge in [0.15, 0.2) is 0 Å². The summed E-state index contributed by atoms with van der Waals surface area (Å²) in [5.74, 6) is 0.293. The quantitative estimate of drug-likeness (QED) is 0.799. The van der Waals surface area contributed by atoms with Crippen LogP contribution in [0.2, 0.25) is 5.02 Å². The zero-order valence-electron chi connectivity index (χ0n) is 15.3. The van der Waals surface area contributed by atoms with E-state index in [4.69, 9.17) is 11.6 Å². The number of nitrogens with one attached hydrogen (secondary N) is 1. The number of halogens is 1. The number of amides is 3. The maximum Gasteiger partial charge on any atom is 0.322 e. The Labute approximate surface area is 159 Å². The number of hydrogen-bond acceptors (Lipinski definition) is 2. The zero-order valence-corrected chi connectivity index (χ0v) is 16.1. The molecule has 1 aromatic carbocycles. The number of nitrogens with zero attached hydrogens (tertiary/aromatic N) is 2. The van der Waals surface area contributed by atoms with E-state index in [1.165, 1.54) is 0 Å². The molecule has 3 rings (SSSR count).